The van der Waals surface area contributed by atoms with Crippen LogP contribution >= 0.6 is 0 Å². The summed E-state index contributed by atoms with van der Waals surface area (Å²) in [6, 6.07) is 1.00. The van der Waals surface area contributed by atoms with Gasteiger partial charge in [0.25, 0.3) is 0 Å². The number of aromatic nitrogens is 2. The molecule has 8 nitrogen and oxygen atoms in total. The number of hydrogen-bond donors (Lipinski definition) is 1. The number of ether oxygens (including phenoxy) is 2. The van der Waals surface area contributed by atoms with Gasteiger partial charge in [-0.3, -0.25) is 4.90 Å². The van der Waals surface area contributed by atoms with Crippen molar-refractivity contribution in [2.75, 3.05) is 6.61 Å². The predicted molar refractivity (Wildman–Crippen MR) is 98.8 cm³/mol. The van der Waals surface area contributed by atoms with Gasteiger partial charge in [0.2, 0.25) is 0 Å². The molecular formula is C17H29N3O5Si. The van der Waals surface area contributed by atoms with Crippen LogP contribution in [0.1, 0.15) is 42.5 Å². The first kappa shape index (κ1) is 20.4. The molecule has 1 amide bonds. The highest BCUT2D eigenvalue weighted by Gasteiger charge is 2.34. The lowest BCUT2D eigenvalue weighted by atomic mass is 10.2. The molecule has 0 aromatic carbocycles. The van der Waals surface area contributed by atoms with E-state index in [-0.39, 0.29) is 25.5 Å². The van der Waals surface area contributed by atoms with Crippen LogP contribution in [0.2, 0.25) is 25.7 Å². The Morgan fingerprint density at radius 3 is 2.42 bits per heavy atom. The summed E-state index contributed by atoms with van der Waals surface area (Å²) in [6.07, 6.45) is -0.468. The van der Waals surface area contributed by atoms with Crippen LogP contribution in [-0.2, 0) is 29.3 Å². The second-order valence-electron chi connectivity index (χ2n) is 8.76. The van der Waals surface area contributed by atoms with Gasteiger partial charge < -0.3 is 14.6 Å². The van der Waals surface area contributed by atoms with Gasteiger partial charge in [0.05, 0.1) is 18.8 Å². The van der Waals surface area contributed by atoms with Gasteiger partial charge in [0.15, 0.2) is 5.69 Å². The lowest BCUT2D eigenvalue weighted by Crippen LogP contribution is -2.34. The number of carbonyl (C=O) groups excluding carboxylic acids is 1. The average molecular weight is 384 g/mol. The molecule has 26 heavy (non-hydrogen) atoms. The summed E-state index contributed by atoms with van der Waals surface area (Å²) in [5.74, 6) is -1.07. The first-order valence-corrected chi connectivity index (χ1v) is 12.5. The number of rotatable bonds is 6. The maximum absolute atomic E-state index is 12.2. The van der Waals surface area contributed by atoms with Gasteiger partial charge in [-0.25, -0.2) is 14.3 Å². The first-order chi connectivity index (χ1) is 11.9. The molecule has 0 bridgehead atoms. The Kier molecular flexibility index (Phi) is 5.81. The molecule has 0 radical (unpaired) electrons. The van der Waals surface area contributed by atoms with Gasteiger partial charge >= 0.3 is 12.1 Å². The molecule has 0 atom stereocenters. The van der Waals surface area contributed by atoms with Crippen molar-refractivity contribution < 1.29 is 24.2 Å². The van der Waals surface area contributed by atoms with E-state index in [0.29, 0.717) is 17.9 Å². The van der Waals surface area contributed by atoms with E-state index in [0.717, 1.165) is 6.04 Å². The van der Waals surface area contributed by atoms with Crippen LogP contribution < -0.4 is 0 Å². The number of fused-ring (bicyclic) bond motifs is 1. The zero-order valence-electron chi connectivity index (χ0n) is 16.5. The molecule has 2 rings (SSSR count). The van der Waals surface area contributed by atoms with Gasteiger partial charge in [-0.15, -0.1) is 0 Å². The minimum absolute atomic E-state index is 0.0825. The van der Waals surface area contributed by atoms with Crippen LogP contribution in [0.15, 0.2) is 0 Å². The fourth-order valence-electron chi connectivity index (χ4n) is 2.59. The highest BCUT2D eigenvalue weighted by molar-refractivity contribution is 6.76. The molecule has 1 aromatic rings. The zero-order chi connectivity index (χ0) is 19.7. The lowest BCUT2D eigenvalue weighted by Gasteiger charge is -2.24. The van der Waals surface area contributed by atoms with Gasteiger partial charge in [0.1, 0.15) is 12.3 Å². The molecule has 9 heteroatoms. The van der Waals surface area contributed by atoms with Crippen LogP contribution in [-0.4, -0.2) is 52.1 Å². The van der Waals surface area contributed by atoms with E-state index in [4.69, 9.17) is 9.47 Å². The summed E-state index contributed by atoms with van der Waals surface area (Å²) in [4.78, 5) is 25.4. The van der Waals surface area contributed by atoms with Crippen molar-refractivity contribution >= 4 is 20.1 Å². The van der Waals surface area contributed by atoms with Gasteiger partial charge in [0, 0.05) is 20.2 Å². The van der Waals surface area contributed by atoms with E-state index >= 15 is 0 Å². The smallest absolute Gasteiger partial charge is 0.410 e. The summed E-state index contributed by atoms with van der Waals surface area (Å²) >= 11 is 0. The highest BCUT2D eigenvalue weighted by atomic mass is 28.3. The number of hydrogen-bond acceptors (Lipinski definition) is 5. The van der Waals surface area contributed by atoms with E-state index in [1.807, 2.05) is 0 Å². The maximum atomic E-state index is 12.2. The summed E-state index contributed by atoms with van der Waals surface area (Å²) < 4.78 is 12.4. The number of nitrogens with zero attached hydrogens (tertiary/aromatic N) is 3. The second-order valence-corrected chi connectivity index (χ2v) is 14.4. The van der Waals surface area contributed by atoms with Crippen molar-refractivity contribution in [1.29, 1.82) is 0 Å². The Hall–Kier alpha value is -1.87. The molecule has 0 saturated heterocycles. The third-order valence-corrected chi connectivity index (χ3v) is 5.59. The van der Waals surface area contributed by atoms with Gasteiger partial charge in [-0.2, -0.15) is 5.10 Å². The van der Waals surface area contributed by atoms with Crippen LogP contribution in [0.25, 0.3) is 0 Å². The highest BCUT2D eigenvalue weighted by Crippen LogP contribution is 2.27. The summed E-state index contributed by atoms with van der Waals surface area (Å²) in [6.45, 7) is 13.3. The SMILES string of the molecule is CC(C)(C)OC(=O)N1Cc2nn(COCC[Si](C)(C)C)c(C(=O)O)c2C1. The molecule has 1 aromatic heterocycles. The Morgan fingerprint density at radius 2 is 1.88 bits per heavy atom. The minimum Gasteiger partial charge on any atom is -0.477 e. The van der Waals surface area contributed by atoms with Crippen LogP contribution in [0.4, 0.5) is 4.79 Å². The Labute approximate surface area is 155 Å². The fraction of sp³-hybridized carbons (Fsp3) is 0.706. The largest absolute Gasteiger partial charge is 0.477 e. The molecule has 1 aliphatic rings. The summed E-state index contributed by atoms with van der Waals surface area (Å²) in [7, 11) is -1.20. The molecule has 1 aliphatic heterocycles. The Bertz CT molecular complexity index is 688. The van der Waals surface area contributed by atoms with Crippen LogP contribution in [0, 0.1) is 0 Å². The maximum Gasteiger partial charge on any atom is 0.410 e. The quantitative estimate of drug-likeness (QED) is 0.599. The molecule has 0 unspecified atom stereocenters. The van der Waals surface area contributed by atoms with Crippen molar-refractivity contribution in [3.05, 3.63) is 17.0 Å². The number of carboxylic acids is 1. The van der Waals surface area contributed by atoms with Crippen molar-refractivity contribution in [3.8, 4) is 0 Å². The predicted octanol–water partition coefficient (Wildman–Crippen LogP) is 3.14. The average Bonchev–Trinajstić information content (AvgIpc) is 2.97. The van der Waals surface area contributed by atoms with Crippen molar-refractivity contribution in [2.24, 2.45) is 0 Å². The van der Waals surface area contributed by atoms with Crippen molar-refractivity contribution in [1.82, 2.24) is 14.7 Å². The van der Waals surface area contributed by atoms with E-state index in [1.54, 1.807) is 20.8 Å². The standard InChI is InChI=1S/C17H29N3O5Si/c1-17(2,3)25-16(23)19-9-12-13(10-19)18-20(14(12)15(21)22)11-24-7-8-26(4,5)6/h7-11H2,1-6H3,(H,21,22). The summed E-state index contributed by atoms with van der Waals surface area (Å²) in [5.41, 5.74) is 0.620. The third kappa shape index (κ3) is 5.31. The van der Waals surface area contributed by atoms with E-state index in [2.05, 4.69) is 24.7 Å². The minimum atomic E-state index is -1.20. The van der Waals surface area contributed by atoms with Gasteiger partial charge in [-0.1, -0.05) is 19.6 Å². The molecule has 0 aliphatic carbocycles. The third-order valence-electron chi connectivity index (χ3n) is 3.89. The van der Waals surface area contributed by atoms with Crippen molar-refractivity contribution in [3.63, 3.8) is 0 Å². The molecular weight excluding hydrogens is 354 g/mol. The number of carboxylic acid groups (broad SMARTS) is 1. The lowest BCUT2D eigenvalue weighted by molar-refractivity contribution is 0.0233. The molecule has 0 saturated carbocycles. The van der Waals surface area contributed by atoms with E-state index in [9.17, 15) is 14.7 Å². The van der Waals surface area contributed by atoms with E-state index in [1.165, 1.54) is 9.58 Å². The number of amides is 1. The van der Waals surface area contributed by atoms with Crippen LogP contribution in [0.5, 0.6) is 0 Å². The van der Waals surface area contributed by atoms with Crippen molar-refractivity contribution in [2.45, 2.75) is 71.9 Å². The number of aromatic carboxylic acids is 1. The molecule has 1 N–H and O–H groups in total. The monoisotopic (exact) mass is 383 g/mol. The Balaban J connectivity index is 2.05. The first-order valence-electron chi connectivity index (χ1n) is 8.75. The van der Waals surface area contributed by atoms with Crippen LogP contribution in [0.3, 0.4) is 0 Å². The zero-order valence-corrected chi connectivity index (χ0v) is 17.5. The van der Waals surface area contributed by atoms with Gasteiger partial charge in [-0.05, 0) is 26.8 Å². The fourth-order valence-corrected chi connectivity index (χ4v) is 3.34. The molecule has 146 valence electrons. The molecule has 2 heterocycles. The molecule has 0 spiro atoms. The topological polar surface area (TPSA) is 93.9 Å². The molecule has 0 fully saturated rings. The van der Waals surface area contributed by atoms with E-state index < -0.39 is 25.7 Å². The normalized spacial score (nSPS) is 14.5. The number of carbonyl (C=O) groups is 2. The summed E-state index contributed by atoms with van der Waals surface area (Å²) in [5, 5.41) is 13.9. The second kappa shape index (κ2) is 7.40. The Morgan fingerprint density at radius 1 is 1.23 bits per heavy atom.